The molecule has 0 atom stereocenters. The molecule has 0 unspecified atom stereocenters. The summed E-state index contributed by atoms with van der Waals surface area (Å²) in [7, 11) is -3.44. The van der Waals surface area contributed by atoms with Crippen LogP contribution in [0.5, 0.6) is 0 Å². The molecule has 0 heterocycles. The van der Waals surface area contributed by atoms with E-state index in [0.717, 1.165) is 17.3 Å². The van der Waals surface area contributed by atoms with Gasteiger partial charge in [-0.25, -0.2) is 13.1 Å². The van der Waals surface area contributed by atoms with Crippen molar-refractivity contribution >= 4 is 37.7 Å². The number of benzene rings is 1. The minimum Gasteiger partial charge on any atom is -0.210 e. The van der Waals surface area contributed by atoms with Gasteiger partial charge in [0, 0.05) is 15.8 Å². The number of hydrogen-bond donors (Lipinski definition) is 1. The average molecular weight is 366 g/mol. The number of nitrogens with one attached hydrogen (secondary N) is 1. The lowest BCUT2D eigenvalue weighted by Gasteiger charge is -2.29. The molecule has 6 heteroatoms. The second-order valence-electron chi connectivity index (χ2n) is 4.38. The van der Waals surface area contributed by atoms with Gasteiger partial charge in [-0.1, -0.05) is 35.8 Å². The summed E-state index contributed by atoms with van der Waals surface area (Å²) in [6.07, 6.45) is 3.90. The summed E-state index contributed by atoms with van der Waals surface area (Å²) >= 11 is 5.01. The van der Waals surface area contributed by atoms with Crippen molar-refractivity contribution in [2.45, 2.75) is 36.3 Å². The lowest BCUT2D eigenvalue weighted by atomic mass is 10.0. The molecule has 1 aromatic rings. The molecule has 0 aliphatic rings. The van der Waals surface area contributed by atoms with Crippen molar-refractivity contribution in [1.82, 2.24) is 4.72 Å². The molecule has 1 aromatic carbocycles. The van der Waals surface area contributed by atoms with Crippen molar-refractivity contribution in [1.29, 1.82) is 0 Å². The van der Waals surface area contributed by atoms with Gasteiger partial charge >= 0.3 is 0 Å². The summed E-state index contributed by atoms with van der Waals surface area (Å²) in [6.45, 7) is 4.64. The molecule has 0 spiro atoms. The maximum absolute atomic E-state index is 12.2. The van der Waals surface area contributed by atoms with E-state index in [9.17, 15) is 8.42 Å². The summed E-state index contributed by atoms with van der Waals surface area (Å²) in [5, 5.41) is 0. The van der Waals surface area contributed by atoms with Gasteiger partial charge in [0.2, 0.25) is 10.0 Å². The molecule has 3 nitrogen and oxygen atoms in total. The first-order chi connectivity index (χ1) is 8.89. The largest absolute Gasteiger partial charge is 0.240 e. The summed E-state index contributed by atoms with van der Waals surface area (Å²) < 4.78 is 27.9. The van der Waals surface area contributed by atoms with Crippen LogP contribution in [0, 0.1) is 0 Å². The number of halogens is 1. The molecule has 0 fully saturated rings. The Morgan fingerprint density at radius 2 is 1.95 bits per heavy atom. The third-order valence-corrected chi connectivity index (χ3v) is 6.89. The summed E-state index contributed by atoms with van der Waals surface area (Å²) in [5.41, 5.74) is 0. The number of hydrogen-bond acceptors (Lipinski definition) is 3. The highest BCUT2D eigenvalue weighted by Crippen LogP contribution is 2.30. The molecule has 108 valence electrons. The molecule has 0 bridgehead atoms. The number of sulfonamides is 1. The third kappa shape index (κ3) is 4.48. The van der Waals surface area contributed by atoms with Crippen LogP contribution in [-0.4, -0.2) is 26.0 Å². The smallest absolute Gasteiger partial charge is 0.210 e. The molecule has 1 rings (SSSR count). The van der Waals surface area contributed by atoms with Crippen LogP contribution in [-0.2, 0) is 10.0 Å². The first-order valence-electron chi connectivity index (χ1n) is 6.19. The predicted molar refractivity (Wildman–Crippen MR) is 86.2 cm³/mol. The van der Waals surface area contributed by atoms with E-state index in [2.05, 4.69) is 34.5 Å². The Morgan fingerprint density at radius 1 is 1.32 bits per heavy atom. The molecule has 0 amide bonds. The third-order valence-electron chi connectivity index (χ3n) is 3.41. The summed E-state index contributed by atoms with van der Waals surface area (Å²) in [6, 6.07) is 6.75. The van der Waals surface area contributed by atoms with Gasteiger partial charge in [0.1, 0.15) is 0 Å². The maximum Gasteiger partial charge on any atom is 0.240 e. The van der Waals surface area contributed by atoms with E-state index < -0.39 is 10.0 Å². The second kappa shape index (κ2) is 7.11. The zero-order valence-corrected chi connectivity index (χ0v) is 14.7. The monoisotopic (exact) mass is 365 g/mol. The van der Waals surface area contributed by atoms with E-state index in [1.807, 2.05) is 12.3 Å². The fraction of sp³-hybridized carbons (Fsp3) is 0.538. The Labute approximate surface area is 128 Å². The highest BCUT2D eigenvalue weighted by atomic mass is 79.9. The quantitative estimate of drug-likeness (QED) is 0.801. The fourth-order valence-electron chi connectivity index (χ4n) is 1.80. The predicted octanol–water partition coefficient (Wildman–Crippen LogP) is 3.65. The molecule has 0 aliphatic heterocycles. The number of thioether (sulfide) groups is 1. The zero-order chi connectivity index (χ0) is 14.5. The van der Waals surface area contributed by atoms with Crippen LogP contribution in [0.2, 0.25) is 0 Å². The van der Waals surface area contributed by atoms with Crippen LogP contribution in [0.15, 0.2) is 33.6 Å². The fourth-order valence-corrected chi connectivity index (χ4v) is 4.41. The SMILES string of the molecule is CCC(CC)(CNS(=O)(=O)c1cccc(Br)c1)SC. The van der Waals surface area contributed by atoms with Gasteiger partial charge in [-0.05, 0) is 37.3 Å². The van der Waals surface area contributed by atoms with Crippen LogP contribution < -0.4 is 4.72 Å². The van der Waals surface area contributed by atoms with Gasteiger partial charge < -0.3 is 0 Å². The van der Waals surface area contributed by atoms with Crippen molar-refractivity contribution in [3.63, 3.8) is 0 Å². The highest BCUT2D eigenvalue weighted by molar-refractivity contribution is 9.10. The van der Waals surface area contributed by atoms with E-state index in [1.54, 1.807) is 30.0 Å². The second-order valence-corrected chi connectivity index (χ2v) is 8.33. The zero-order valence-electron chi connectivity index (χ0n) is 11.4. The molecule has 0 aliphatic carbocycles. The summed E-state index contributed by atoms with van der Waals surface area (Å²) in [5.74, 6) is 0. The Hall–Kier alpha value is -0.0400. The molecular weight excluding hydrogens is 346 g/mol. The minimum atomic E-state index is -3.44. The van der Waals surface area contributed by atoms with Crippen molar-refractivity contribution in [2.75, 3.05) is 12.8 Å². The van der Waals surface area contributed by atoms with Crippen molar-refractivity contribution < 1.29 is 8.42 Å². The average Bonchev–Trinajstić information content (AvgIpc) is 2.41. The van der Waals surface area contributed by atoms with Crippen LogP contribution in [0.25, 0.3) is 0 Å². The van der Waals surface area contributed by atoms with Crippen molar-refractivity contribution in [3.8, 4) is 0 Å². The van der Waals surface area contributed by atoms with Gasteiger partial charge in [-0.2, -0.15) is 11.8 Å². The lowest BCUT2D eigenvalue weighted by molar-refractivity contribution is 0.522. The van der Waals surface area contributed by atoms with Crippen LogP contribution in [0.4, 0.5) is 0 Å². The molecule has 0 saturated heterocycles. The summed E-state index contributed by atoms with van der Waals surface area (Å²) in [4.78, 5) is 0.295. The minimum absolute atomic E-state index is 0.0287. The van der Waals surface area contributed by atoms with E-state index in [0.29, 0.717) is 11.4 Å². The Balaban J connectivity index is 2.87. The molecule has 0 saturated carbocycles. The van der Waals surface area contributed by atoms with Gasteiger partial charge in [0.25, 0.3) is 0 Å². The Bertz CT molecular complexity index is 505. The topological polar surface area (TPSA) is 46.2 Å². The first kappa shape index (κ1) is 17.0. The van der Waals surface area contributed by atoms with Gasteiger partial charge in [0.15, 0.2) is 0 Å². The van der Waals surface area contributed by atoms with Crippen LogP contribution in [0.3, 0.4) is 0 Å². The molecule has 0 radical (unpaired) electrons. The van der Waals surface area contributed by atoms with E-state index in [-0.39, 0.29) is 4.75 Å². The van der Waals surface area contributed by atoms with Crippen LogP contribution in [0.1, 0.15) is 26.7 Å². The van der Waals surface area contributed by atoms with E-state index in [4.69, 9.17) is 0 Å². The number of rotatable bonds is 7. The molecule has 0 aromatic heterocycles. The van der Waals surface area contributed by atoms with Crippen LogP contribution >= 0.6 is 27.7 Å². The van der Waals surface area contributed by atoms with Crippen molar-refractivity contribution in [3.05, 3.63) is 28.7 Å². The first-order valence-corrected chi connectivity index (χ1v) is 9.69. The van der Waals surface area contributed by atoms with Gasteiger partial charge in [-0.3, -0.25) is 0 Å². The van der Waals surface area contributed by atoms with Gasteiger partial charge in [0.05, 0.1) is 4.90 Å². The maximum atomic E-state index is 12.2. The Morgan fingerprint density at radius 3 is 2.42 bits per heavy atom. The standard InChI is InChI=1S/C13H20BrNO2S2/c1-4-13(5-2,18-3)10-15-19(16,17)12-8-6-7-11(14)9-12/h6-9,15H,4-5,10H2,1-3H3. The molecular formula is C13H20BrNO2S2. The highest BCUT2D eigenvalue weighted by Gasteiger charge is 2.27. The van der Waals surface area contributed by atoms with E-state index in [1.165, 1.54) is 0 Å². The van der Waals surface area contributed by atoms with Crippen molar-refractivity contribution in [2.24, 2.45) is 0 Å². The Kier molecular flexibility index (Phi) is 6.36. The molecule has 1 N–H and O–H groups in total. The van der Waals surface area contributed by atoms with E-state index >= 15 is 0 Å². The normalized spacial score (nSPS) is 12.6. The molecule has 19 heavy (non-hydrogen) atoms. The van der Waals surface area contributed by atoms with Gasteiger partial charge in [-0.15, -0.1) is 0 Å². The lowest BCUT2D eigenvalue weighted by Crippen LogP contribution is -2.39.